The van der Waals surface area contributed by atoms with E-state index in [1.165, 1.54) is 0 Å². The van der Waals surface area contributed by atoms with Gasteiger partial charge in [-0.15, -0.1) is 0 Å². The SMILES string of the molecule is CCOC(=O)[C@H](Cc1ccccc1)N(N[C@@H](Cc1ccccc1C(C)C)C(=O)O)C(=O)OC(C)(C)C. The lowest BCUT2D eigenvalue weighted by Crippen LogP contribution is -2.60. The maximum Gasteiger partial charge on any atom is 0.425 e. The summed E-state index contributed by atoms with van der Waals surface area (Å²) in [6, 6.07) is 14.4. The summed E-state index contributed by atoms with van der Waals surface area (Å²) < 4.78 is 10.8. The molecule has 0 aliphatic heterocycles. The summed E-state index contributed by atoms with van der Waals surface area (Å²) in [5.74, 6) is -1.64. The van der Waals surface area contributed by atoms with Gasteiger partial charge in [-0.2, -0.15) is 0 Å². The van der Waals surface area contributed by atoms with Crippen molar-refractivity contribution >= 4 is 18.0 Å². The Morgan fingerprint density at radius 1 is 0.972 bits per heavy atom. The third-order valence-corrected chi connectivity index (χ3v) is 5.43. The normalized spacial score (nSPS) is 13.1. The van der Waals surface area contributed by atoms with Gasteiger partial charge in [0.2, 0.25) is 0 Å². The molecule has 0 aliphatic rings. The van der Waals surface area contributed by atoms with Crippen molar-refractivity contribution in [1.29, 1.82) is 0 Å². The lowest BCUT2D eigenvalue weighted by molar-refractivity contribution is -0.153. The summed E-state index contributed by atoms with van der Waals surface area (Å²) in [5.41, 5.74) is 4.57. The van der Waals surface area contributed by atoms with Gasteiger partial charge in [-0.05, 0) is 50.3 Å². The summed E-state index contributed by atoms with van der Waals surface area (Å²) >= 11 is 0. The van der Waals surface area contributed by atoms with E-state index < -0.39 is 35.7 Å². The van der Waals surface area contributed by atoms with E-state index in [0.29, 0.717) is 0 Å². The predicted octanol–water partition coefficient (Wildman–Crippen LogP) is 4.72. The van der Waals surface area contributed by atoms with Gasteiger partial charge in [-0.25, -0.2) is 20.0 Å². The standard InChI is InChI=1S/C28H38N2O6/c1-7-35-26(33)24(17-20-13-9-8-10-14-20)30(27(34)36-28(4,5)6)29-23(25(31)32)18-21-15-11-12-16-22(21)19(2)3/h8-16,19,23-24,29H,7,17-18H2,1-6H3,(H,31,32)/t23-,24-/m0/s1. The Labute approximate surface area is 213 Å². The van der Waals surface area contributed by atoms with Crippen molar-refractivity contribution in [3.63, 3.8) is 0 Å². The van der Waals surface area contributed by atoms with Crippen LogP contribution in [0.5, 0.6) is 0 Å². The highest BCUT2D eigenvalue weighted by Gasteiger charge is 2.37. The number of hydrogen-bond donors (Lipinski definition) is 2. The molecule has 2 aromatic rings. The van der Waals surface area contributed by atoms with Crippen molar-refractivity contribution in [3.05, 3.63) is 71.3 Å². The van der Waals surface area contributed by atoms with Crippen LogP contribution >= 0.6 is 0 Å². The molecule has 0 saturated carbocycles. The number of benzene rings is 2. The minimum atomic E-state index is -1.20. The predicted molar refractivity (Wildman–Crippen MR) is 137 cm³/mol. The smallest absolute Gasteiger partial charge is 0.425 e. The van der Waals surface area contributed by atoms with Crippen LogP contribution in [0.3, 0.4) is 0 Å². The average molecular weight is 499 g/mol. The van der Waals surface area contributed by atoms with E-state index in [4.69, 9.17) is 9.47 Å². The Kier molecular flexibility index (Phi) is 10.5. The van der Waals surface area contributed by atoms with Gasteiger partial charge in [0.25, 0.3) is 0 Å². The second-order valence-corrected chi connectivity index (χ2v) is 9.89. The number of hydrazine groups is 1. The lowest BCUT2D eigenvalue weighted by Gasteiger charge is -2.34. The average Bonchev–Trinajstić information content (AvgIpc) is 2.80. The number of carboxylic acids is 1. The summed E-state index contributed by atoms with van der Waals surface area (Å²) in [5, 5.41) is 11.1. The van der Waals surface area contributed by atoms with Gasteiger partial charge >= 0.3 is 18.0 Å². The van der Waals surface area contributed by atoms with E-state index in [1.807, 2.05) is 68.4 Å². The van der Waals surface area contributed by atoms with Crippen LogP contribution in [0.4, 0.5) is 4.79 Å². The summed E-state index contributed by atoms with van der Waals surface area (Å²) in [6.07, 6.45) is -0.648. The Bertz CT molecular complexity index is 1020. The molecule has 2 rings (SSSR count). The molecule has 0 saturated heterocycles. The molecule has 36 heavy (non-hydrogen) atoms. The third-order valence-electron chi connectivity index (χ3n) is 5.43. The second kappa shape index (κ2) is 13.1. The Hall–Kier alpha value is -3.39. The van der Waals surface area contributed by atoms with Gasteiger partial charge < -0.3 is 14.6 Å². The van der Waals surface area contributed by atoms with E-state index >= 15 is 0 Å². The van der Waals surface area contributed by atoms with Crippen molar-refractivity contribution < 1.29 is 29.0 Å². The molecule has 0 heterocycles. The minimum Gasteiger partial charge on any atom is -0.480 e. The maximum atomic E-state index is 13.3. The van der Waals surface area contributed by atoms with Crippen LogP contribution in [0, 0.1) is 0 Å². The zero-order valence-corrected chi connectivity index (χ0v) is 22.0. The molecule has 8 nitrogen and oxygen atoms in total. The third kappa shape index (κ3) is 8.68. The fourth-order valence-corrected chi connectivity index (χ4v) is 3.80. The van der Waals surface area contributed by atoms with E-state index in [1.54, 1.807) is 27.7 Å². The molecule has 2 atom stereocenters. The molecule has 8 heteroatoms. The molecule has 2 aromatic carbocycles. The zero-order chi connectivity index (χ0) is 26.9. The van der Waals surface area contributed by atoms with E-state index in [9.17, 15) is 19.5 Å². The summed E-state index contributed by atoms with van der Waals surface area (Å²) in [4.78, 5) is 38.7. The number of carbonyl (C=O) groups is 3. The van der Waals surface area contributed by atoms with Crippen molar-refractivity contribution in [1.82, 2.24) is 10.4 Å². The van der Waals surface area contributed by atoms with Crippen LogP contribution in [0.2, 0.25) is 0 Å². The van der Waals surface area contributed by atoms with Gasteiger partial charge in [-0.1, -0.05) is 68.4 Å². The van der Waals surface area contributed by atoms with Gasteiger partial charge in [0.1, 0.15) is 11.6 Å². The molecule has 0 bridgehead atoms. The van der Waals surface area contributed by atoms with Crippen LogP contribution in [0.25, 0.3) is 0 Å². The summed E-state index contributed by atoms with van der Waals surface area (Å²) in [6.45, 7) is 11.0. The molecule has 0 spiro atoms. The number of carboxylic acid groups (broad SMARTS) is 1. The highest BCUT2D eigenvalue weighted by Crippen LogP contribution is 2.22. The minimum absolute atomic E-state index is 0.101. The first-order chi connectivity index (χ1) is 16.9. The number of rotatable bonds is 11. The van der Waals surface area contributed by atoms with Gasteiger partial charge in [0.05, 0.1) is 6.61 Å². The van der Waals surface area contributed by atoms with Crippen molar-refractivity contribution in [3.8, 4) is 0 Å². The molecular formula is C28H38N2O6. The first-order valence-corrected chi connectivity index (χ1v) is 12.2. The van der Waals surface area contributed by atoms with Crippen LogP contribution in [0.1, 0.15) is 64.2 Å². The monoisotopic (exact) mass is 498 g/mol. The van der Waals surface area contributed by atoms with Crippen molar-refractivity contribution in [2.45, 2.75) is 78.0 Å². The van der Waals surface area contributed by atoms with E-state index in [-0.39, 0.29) is 25.4 Å². The molecular weight excluding hydrogens is 460 g/mol. The zero-order valence-electron chi connectivity index (χ0n) is 22.0. The Morgan fingerprint density at radius 2 is 1.58 bits per heavy atom. The first-order valence-electron chi connectivity index (χ1n) is 12.2. The number of aliphatic carboxylic acids is 1. The van der Waals surface area contributed by atoms with E-state index in [0.717, 1.165) is 21.7 Å². The van der Waals surface area contributed by atoms with Gasteiger partial charge in [0.15, 0.2) is 6.04 Å². The Balaban J connectivity index is 2.48. The number of carbonyl (C=O) groups excluding carboxylic acids is 2. The molecule has 1 amide bonds. The Morgan fingerprint density at radius 3 is 2.14 bits per heavy atom. The molecule has 0 unspecified atom stereocenters. The fraction of sp³-hybridized carbons (Fsp3) is 0.464. The highest BCUT2D eigenvalue weighted by atomic mass is 16.6. The number of nitrogens with one attached hydrogen (secondary N) is 1. The van der Waals surface area contributed by atoms with Crippen molar-refractivity contribution in [2.24, 2.45) is 0 Å². The van der Waals surface area contributed by atoms with Crippen LogP contribution in [-0.2, 0) is 31.9 Å². The molecule has 0 aromatic heterocycles. The summed E-state index contributed by atoms with van der Waals surface area (Å²) in [7, 11) is 0. The molecule has 0 aliphatic carbocycles. The largest absolute Gasteiger partial charge is 0.480 e. The van der Waals surface area contributed by atoms with Crippen LogP contribution < -0.4 is 5.43 Å². The van der Waals surface area contributed by atoms with Crippen molar-refractivity contribution in [2.75, 3.05) is 6.61 Å². The molecule has 196 valence electrons. The molecule has 0 radical (unpaired) electrons. The van der Waals surface area contributed by atoms with Gasteiger partial charge in [0, 0.05) is 12.8 Å². The fourth-order valence-electron chi connectivity index (χ4n) is 3.80. The number of ether oxygens (including phenoxy) is 2. The number of amides is 1. The van der Waals surface area contributed by atoms with E-state index in [2.05, 4.69) is 5.43 Å². The second-order valence-electron chi connectivity index (χ2n) is 9.89. The molecule has 2 N–H and O–H groups in total. The number of esters is 1. The number of hydrogen-bond acceptors (Lipinski definition) is 6. The number of nitrogens with zero attached hydrogens (tertiary/aromatic N) is 1. The lowest BCUT2D eigenvalue weighted by atomic mass is 9.93. The molecule has 0 fully saturated rings. The van der Waals surface area contributed by atoms with Crippen LogP contribution in [-0.4, -0.2) is 52.4 Å². The van der Waals surface area contributed by atoms with Gasteiger partial charge in [-0.3, -0.25) is 4.79 Å². The quantitative estimate of drug-likeness (QED) is 0.341. The topological polar surface area (TPSA) is 105 Å². The first kappa shape index (κ1) is 28.8. The maximum absolute atomic E-state index is 13.3. The van der Waals surface area contributed by atoms with Crippen LogP contribution in [0.15, 0.2) is 54.6 Å². The highest BCUT2D eigenvalue weighted by molar-refractivity contribution is 5.82.